The Morgan fingerprint density at radius 3 is 2.25 bits per heavy atom. The van der Waals surface area contributed by atoms with E-state index in [9.17, 15) is 0 Å². The van der Waals surface area contributed by atoms with Crippen molar-refractivity contribution in [2.75, 3.05) is 20.2 Å². The van der Waals surface area contributed by atoms with Crippen LogP contribution in [0.1, 0.15) is 43.7 Å². The first-order valence-electron chi connectivity index (χ1n) is 11.9. The molecule has 3 nitrogen and oxygen atoms in total. The van der Waals surface area contributed by atoms with Crippen LogP contribution >= 0.6 is 0 Å². The zero-order valence-corrected chi connectivity index (χ0v) is 19.5. The maximum atomic E-state index is 6.30. The minimum absolute atomic E-state index is 0.129. The van der Waals surface area contributed by atoms with E-state index < -0.39 is 0 Å². The number of likely N-dealkylation sites (N-methyl/N-ethyl adjacent to an activating group) is 1. The van der Waals surface area contributed by atoms with Crippen LogP contribution in [0.2, 0.25) is 0 Å². The van der Waals surface area contributed by atoms with E-state index in [1.165, 1.54) is 22.3 Å². The van der Waals surface area contributed by atoms with Crippen molar-refractivity contribution >= 4 is 0 Å². The van der Waals surface area contributed by atoms with E-state index in [4.69, 9.17) is 10.5 Å². The molecule has 32 heavy (non-hydrogen) atoms. The number of methoxy groups -OCH3 is 1. The van der Waals surface area contributed by atoms with Crippen molar-refractivity contribution in [3.05, 3.63) is 90.0 Å². The summed E-state index contributed by atoms with van der Waals surface area (Å²) >= 11 is 0. The van der Waals surface area contributed by atoms with Crippen LogP contribution in [0.15, 0.2) is 78.9 Å². The van der Waals surface area contributed by atoms with Crippen LogP contribution in [0.5, 0.6) is 5.75 Å². The molecule has 3 aromatic rings. The molecule has 168 valence electrons. The molecule has 0 aliphatic heterocycles. The van der Waals surface area contributed by atoms with Gasteiger partial charge in [0.05, 0.1) is 7.11 Å². The molecule has 0 heterocycles. The summed E-state index contributed by atoms with van der Waals surface area (Å²) in [6.07, 6.45) is 4.43. The van der Waals surface area contributed by atoms with Crippen LogP contribution in [0, 0.1) is 0 Å². The molecule has 0 saturated heterocycles. The fourth-order valence-corrected chi connectivity index (χ4v) is 5.08. The highest BCUT2D eigenvalue weighted by Gasteiger charge is 2.37. The quantitative estimate of drug-likeness (QED) is 0.476. The maximum Gasteiger partial charge on any atom is 0.119 e. The number of rotatable bonds is 8. The summed E-state index contributed by atoms with van der Waals surface area (Å²) in [6.45, 7) is 5.30. The average Bonchev–Trinajstić information content (AvgIpc) is 2.86. The lowest BCUT2D eigenvalue weighted by Gasteiger charge is -2.43. The van der Waals surface area contributed by atoms with E-state index in [1.807, 2.05) is 6.07 Å². The average molecular weight is 429 g/mol. The number of hydrogen-bond donors (Lipinski definition) is 1. The number of ether oxygens (including phenoxy) is 1. The van der Waals surface area contributed by atoms with Crippen molar-refractivity contribution in [2.24, 2.45) is 5.73 Å². The van der Waals surface area contributed by atoms with Gasteiger partial charge in [-0.25, -0.2) is 0 Å². The Hall–Kier alpha value is -2.62. The first-order chi connectivity index (χ1) is 15.6. The molecule has 2 N–H and O–H groups in total. The van der Waals surface area contributed by atoms with Crippen LogP contribution in [0.25, 0.3) is 11.1 Å². The van der Waals surface area contributed by atoms with E-state index in [1.54, 1.807) is 7.11 Å². The highest BCUT2D eigenvalue weighted by molar-refractivity contribution is 5.63. The molecule has 0 amide bonds. The highest BCUT2D eigenvalue weighted by Crippen LogP contribution is 2.41. The minimum Gasteiger partial charge on any atom is -0.497 e. The van der Waals surface area contributed by atoms with Crippen molar-refractivity contribution in [2.45, 2.75) is 50.6 Å². The monoisotopic (exact) mass is 428 g/mol. The second-order valence-electron chi connectivity index (χ2n) is 9.22. The zero-order chi connectivity index (χ0) is 22.4. The van der Waals surface area contributed by atoms with Crippen LogP contribution in [0.4, 0.5) is 0 Å². The highest BCUT2D eigenvalue weighted by atomic mass is 16.5. The first kappa shape index (κ1) is 22.6. The summed E-state index contributed by atoms with van der Waals surface area (Å²) in [4.78, 5) is 2.59. The first-order valence-corrected chi connectivity index (χ1v) is 11.9. The fraction of sp³-hybridized carbons (Fsp3) is 0.379. The van der Waals surface area contributed by atoms with Gasteiger partial charge >= 0.3 is 0 Å². The predicted octanol–water partition coefficient (Wildman–Crippen LogP) is 6.02. The molecule has 1 fully saturated rings. The molecule has 1 aliphatic carbocycles. The van der Waals surface area contributed by atoms with E-state index >= 15 is 0 Å². The summed E-state index contributed by atoms with van der Waals surface area (Å²) in [5, 5.41) is 0. The lowest BCUT2D eigenvalue weighted by molar-refractivity contribution is 0.161. The van der Waals surface area contributed by atoms with Crippen molar-refractivity contribution in [3.8, 4) is 16.9 Å². The molecular weight excluding hydrogens is 392 g/mol. The molecule has 1 saturated carbocycles. The lowest BCUT2D eigenvalue weighted by atomic mass is 9.68. The van der Waals surface area contributed by atoms with E-state index in [2.05, 4.69) is 84.6 Å². The molecular formula is C29H36N2O. The standard InChI is InChI=1S/C29H36N2O/c1-3-31(21-23-12-14-25(15-13-23)24-8-5-4-6-9-24)22-29(18-16-27(30)17-19-29)26-10-7-11-28(20-26)32-2/h4-15,20,27H,3,16-19,21-22,30H2,1-2H3. The van der Waals surface area contributed by atoms with Gasteiger partial charge in [0.1, 0.15) is 5.75 Å². The van der Waals surface area contributed by atoms with Gasteiger partial charge in [0.15, 0.2) is 0 Å². The zero-order valence-electron chi connectivity index (χ0n) is 19.5. The summed E-state index contributed by atoms with van der Waals surface area (Å²) < 4.78 is 5.55. The molecule has 4 rings (SSSR count). The van der Waals surface area contributed by atoms with Gasteiger partial charge in [-0.2, -0.15) is 0 Å². The molecule has 0 aromatic heterocycles. The molecule has 0 spiro atoms. The molecule has 0 radical (unpaired) electrons. The summed E-state index contributed by atoms with van der Waals surface area (Å²) in [7, 11) is 1.75. The topological polar surface area (TPSA) is 38.5 Å². The third-order valence-electron chi connectivity index (χ3n) is 7.11. The Balaban J connectivity index is 1.53. The number of nitrogens with zero attached hydrogens (tertiary/aromatic N) is 1. The maximum absolute atomic E-state index is 6.30. The van der Waals surface area contributed by atoms with Crippen LogP contribution in [0.3, 0.4) is 0 Å². The van der Waals surface area contributed by atoms with Gasteiger partial charge in [-0.1, -0.05) is 73.7 Å². The normalized spacial score (nSPS) is 20.9. The van der Waals surface area contributed by atoms with Crippen LogP contribution < -0.4 is 10.5 Å². The number of nitrogens with two attached hydrogens (primary N) is 1. The predicted molar refractivity (Wildman–Crippen MR) is 134 cm³/mol. The Morgan fingerprint density at radius 2 is 1.59 bits per heavy atom. The van der Waals surface area contributed by atoms with Gasteiger partial charge < -0.3 is 10.5 Å². The summed E-state index contributed by atoms with van der Waals surface area (Å²) in [5.41, 5.74) is 11.7. The smallest absolute Gasteiger partial charge is 0.119 e. The second-order valence-corrected chi connectivity index (χ2v) is 9.22. The molecule has 0 unspecified atom stereocenters. The van der Waals surface area contributed by atoms with E-state index in [-0.39, 0.29) is 5.41 Å². The molecule has 0 bridgehead atoms. The number of benzene rings is 3. The Kier molecular flexibility index (Phi) is 7.29. The van der Waals surface area contributed by atoms with Gasteiger partial charge in [-0.05, 0) is 66.6 Å². The van der Waals surface area contributed by atoms with Gasteiger partial charge in [0, 0.05) is 24.5 Å². The van der Waals surface area contributed by atoms with E-state index in [0.29, 0.717) is 6.04 Å². The molecule has 3 aromatic carbocycles. The SMILES string of the molecule is CCN(Cc1ccc(-c2ccccc2)cc1)CC1(c2cccc(OC)c2)CCC(N)CC1. The Bertz CT molecular complexity index is 976. The Labute approximate surface area is 193 Å². The molecule has 0 atom stereocenters. The Morgan fingerprint density at radius 1 is 0.906 bits per heavy atom. The largest absolute Gasteiger partial charge is 0.497 e. The van der Waals surface area contributed by atoms with Gasteiger partial charge in [-0.15, -0.1) is 0 Å². The third-order valence-corrected chi connectivity index (χ3v) is 7.11. The molecule has 1 aliphatic rings. The van der Waals surface area contributed by atoms with Crippen molar-refractivity contribution < 1.29 is 4.74 Å². The summed E-state index contributed by atoms with van der Waals surface area (Å²) in [5.74, 6) is 0.941. The minimum atomic E-state index is 0.129. The van der Waals surface area contributed by atoms with Crippen molar-refractivity contribution in [1.82, 2.24) is 4.90 Å². The fourth-order valence-electron chi connectivity index (χ4n) is 5.08. The van der Waals surface area contributed by atoms with E-state index in [0.717, 1.165) is 51.1 Å². The van der Waals surface area contributed by atoms with Crippen LogP contribution in [-0.4, -0.2) is 31.1 Å². The second kappa shape index (κ2) is 10.3. The van der Waals surface area contributed by atoms with Crippen LogP contribution in [-0.2, 0) is 12.0 Å². The van der Waals surface area contributed by atoms with Crippen molar-refractivity contribution in [1.29, 1.82) is 0 Å². The van der Waals surface area contributed by atoms with Gasteiger partial charge in [0.25, 0.3) is 0 Å². The third kappa shape index (κ3) is 5.23. The molecule has 3 heteroatoms. The van der Waals surface area contributed by atoms with Gasteiger partial charge in [0.2, 0.25) is 0 Å². The number of hydrogen-bond acceptors (Lipinski definition) is 3. The summed E-state index contributed by atoms with van der Waals surface area (Å²) in [6, 6.07) is 28.6. The lowest BCUT2D eigenvalue weighted by Crippen LogP contribution is -2.45. The van der Waals surface area contributed by atoms with Gasteiger partial charge in [-0.3, -0.25) is 4.90 Å². The van der Waals surface area contributed by atoms with Crippen molar-refractivity contribution in [3.63, 3.8) is 0 Å².